The second-order valence-corrected chi connectivity index (χ2v) is 10.6. The van der Waals surface area contributed by atoms with Crippen molar-refractivity contribution in [2.45, 2.75) is 40.2 Å². The second kappa shape index (κ2) is 11.0. The minimum Gasteiger partial charge on any atom is -0.496 e. The molecule has 0 spiro atoms. The number of nitrogens with zero attached hydrogens (tertiary/aromatic N) is 3. The number of benzene rings is 3. The molecule has 3 heterocycles. The van der Waals surface area contributed by atoms with Gasteiger partial charge in [-0.25, -0.2) is 4.98 Å². The maximum absolute atomic E-state index is 6.30. The molecule has 2 aliphatic rings. The monoisotopic (exact) mass is 532 g/mol. The lowest BCUT2D eigenvalue weighted by Crippen LogP contribution is -2.31. The molecule has 0 bridgehead atoms. The summed E-state index contributed by atoms with van der Waals surface area (Å²) in [6, 6.07) is 21.3. The van der Waals surface area contributed by atoms with E-state index in [9.17, 15) is 0 Å². The van der Waals surface area contributed by atoms with Crippen LogP contribution in [0.3, 0.4) is 0 Å². The van der Waals surface area contributed by atoms with Gasteiger partial charge in [0.05, 0.1) is 24.7 Å². The highest BCUT2D eigenvalue weighted by Gasteiger charge is 2.27. The maximum atomic E-state index is 6.30. The fraction of sp³-hybridized carbons (Fsp3) is 0.294. The standard InChI is InChI=1S/C34H36N4O2/c1-5-24-14-15-35-22(2)29(19-27-8-6-7-9-32(27)39-4)34(24)38-16-17-40-33-13-11-25(18-28(33)21-38)26-10-12-30-31(20-26)37-23(3)36-30/h6-15,18,20,24H,5,16-17,19,21H2,1-4H3,(H,36,37). The first-order valence-electron chi connectivity index (χ1n) is 14.1. The van der Waals surface area contributed by atoms with Crippen LogP contribution in [0.25, 0.3) is 22.2 Å². The summed E-state index contributed by atoms with van der Waals surface area (Å²) in [7, 11) is 1.74. The van der Waals surface area contributed by atoms with Crippen molar-refractivity contribution < 1.29 is 9.47 Å². The molecule has 4 aromatic rings. The summed E-state index contributed by atoms with van der Waals surface area (Å²) in [6.45, 7) is 8.59. The van der Waals surface area contributed by atoms with E-state index < -0.39 is 0 Å². The summed E-state index contributed by atoms with van der Waals surface area (Å²) in [4.78, 5) is 15.3. The van der Waals surface area contributed by atoms with Gasteiger partial charge in [-0.2, -0.15) is 0 Å². The Bertz CT molecular complexity index is 1640. The van der Waals surface area contributed by atoms with Crippen LogP contribution in [0.1, 0.15) is 37.2 Å². The van der Waals surface area contributed by atoms with E-state index >= 15 is 0 Å². The van der Waals surface area contributed by atoms with Crippen molar-refractivity contribution in [3.8, 4) is 22.6 Å². The number of fused-ring (bicyclic) bond motifs is 2. The van der Waals surface area contributed by atoms with Gasteiger partial charge >= 0.3 is 0 Å². The summed E-state index contributed by atoms with van der Waals surface area (Å²) in [5.41, 5.74) is 10.4. The molecule has 204 valence electrons. The first-order valence-corrected chi connectivity index (χ1v) is 14.1. The first kappa shape index (κ1) is 25.9. The number of aromatic amines is 1. The fourth-order valence-electron chi connectivity index (χ4n) is 5.95. The van der Waals surface area contributed by atoms with Gasteiger partial charge in [0.25, 0.3) is 0 Å². The predicted octanol–water partition coefficient (Wildman–Crippen LogP) is 7.25. The molecule has 0 radical (unpaired) electrons. The van der Waals surface area contributed by atoms with Gasteiger partial charge < -0.3 is 19.4 Å². The number of imidazole rings is 1. The number of ether oxygens (including phenoxy) is 2. The molecule has 6 heteroatoms. The zero-order chi connectivity index (χ0) is 27.6. The van der Waals surface area contributed by atoms with Gasteiger partial charge in [-0.3, -0.25) is 4.99 Å². The molecule has 0 saturated carbocycles. The Morgan fingerprint density at radius 1 is 1.05 bits per heavy atom. The Kier molecular flexibility index (Phi) is 7.16. The summed E-state index contributed by atoms with van der Waals surface area (Å²) >= 11 is 0. The van der Waals surface area contributed by atoms with Crippen LogP contribution in [-0.4, -0.2) is 40.8 Å². The molecule has 1 N–H and O–H groups in total. The minimum absolute atomic E-state index is 0.265. The van der Waals surface area contributed by atoms with Crippen molar-refractivity contribution in [1.29, 1.82) is 0 Å². The number of H-pyrrole nitrogens is 1. The Morgan fingerprint density at radius 3 is 2.73 bits per heavy atom. The number of aromatic nitrogens is 2. The van der Waals surface area contributed by atoms with Crippen LogP contribution in [-0.2, 0) is 13.0 Å². The molecule has 2 aliphatic heterocycles. The topological polar surface area (TPSA) is 62.7 Å². The lowest BCUT2D eigenvalue weighted by molar-refractivity contribution is 0.249. The van der Waals surface area contributed by atoms with E-state index in [-0.39, 0.29) is 5.92 Å². The van der Waals surface area contributed by atoms with E-state index in [0.717, 1.165) is 65.6 Å². The fourth-order valence-corrected chi connectivity index (χ4v) is 5.95. The summed E-state index contributed by atoms with van der Waals surface area (Å²) < 4.78 is 12.0. The SMILES string of the molecule is CCC1C=CN=C(C)C(Cc2ccccc2OC)=C1N1CCOc2ccc(-c3ccc4nc(C)[nH]c4c3)cc2C1. The number of methoxy groups -OCH3 is 1. The Labute approximate surface area is 236 Å². The number of para-hydroxylation sites is 1. The predicted molar refractivity (Wildman–Crippen MR) is 162 cm³/mol. The highest BCUT2D eigenvalue weighted by molar-refractivity contribution is 6.00. The number of hydrogen-bond acceptors (Lipinski definition) is 5. The average molecular weight is 533 g/mol. The smallest absolute Gasteiger partial charge is 0.124 e. The highest BCUT2D eigenvalue weighted by atomic mass is 16.5. The van der Waals surface area contributed by atoms with Gasteiger partial charge in [0.1, 0.15) is 23.9 Å². The molecule has 40 heavy (non-hydrogen) atoms. The average Bonchev–Trinajstić information content (AvgIpc) is 3.11. The third-order valence-electron chi connectivity index (χ3n) is 8.00. The Morgan fingerprint density at radius 2 is 1.88 bits per heavy atom. The number of aliphatic imine (C=N–C) groups is 1. The van der Waals surface area contributed by atoms with Crippen molar-refractivity contribution in [2.24, 2.45) is 10.9 Å². The van der Waals surface area contributed by atoms with Gasteiger partial charge in [-0.05, 0) is 72.9 Å². The van der Waals surface area contributed by atoms with Crippen molar-refractivity contribution in [1.82, 2.24) is 14.9 Å². The Hall–Kier alpha value is -4.32. The normalized spacial score (nSPS) is 17.2. The van der Waals surface area contributed by atoms with Gasteiger partial charge in [0, 0.05) is 42.1 Å². The van der Waals surface area contributed by atoms with Crippen LogP contribution >= 0.6 is 0 Å². The van der Waals surface area contributed by atoms with Gasteiger partial charge in [0.15, 0.2) is 0 Å². The van der Waals surface area contributed by atoms with Crippen LogP contribution in [0.4, 0.5) is 0 Å². The molecule has 1 aromatic heterocycles. The third-order valence-corrected chi connectivity index (χ3v) is 8.00. The molecule has 3 aromatic carbocycles. The molecule has 1 atom stereocenters. The van der Waals surface area contributed by atoms with Gasteiger partial charge in [0.2, 0.25) is 0 Å². The third kappa shape index (κ3) is 5.02. The number of aryl methyl sites for hydroxylation is 1. The van der Waals surface area contributed by atoms with E-state index in [1.165, 1.54) is 28.0 Å². The van der Waals surface area contributed by atoms with Gasteiger partial charge in [-0.1, -0.05) is 43.3 Å². The molecule has 0 saturated heterocycles. The maximum Gasteiger partial charge on any atom is 0.124 e. The quantitative estimate of drug-likeness (QED) is 0.284. The van der Waals surface area contributed by atoms with Crippen LogP contribution in [0.15, 0.2) is 89.2 Å². The highest BCUT2D eigenvalue weighted by Crippen LogP contribution is 2.36. The van der Waals surface area contributed by atoms with E-state index in [2.05, 4.69) is 83.3 Å². The van der Waals surface area contributed by atoms with Crippen LogP contribution in [0, 0.1) is 12.8 Å². The van der Waals surface area contributed by atoms with E-state index in [1.54, 1.807) is 7.11 Å². The number of rotatable bonds is 6. The Balaban J connectivity index is 1.40. The molecule has 0 aliphatic carbocycles. The summed E-state index contributed by atoms with van der Waals surface area (Å²) in [6.07, 6.45) is 5.99. The zero-order valence-electron chi connectivity index (χ0n) is 23.7. The zero-order valence-corrected chi connectivity index (χ0v) is 23.7. The second-order valence-electron chi connectivity index (χ2n) is 10.6. The van der Waals surface area contributed by atoms with Crippen LogP contribution in [0.5, 0.6) is 11.5 Å². The van der Waals surface area contributed by atoms with Crippen molar-refractivity contribution in [3.05, 3.63) is 101 Å². The van der Waals surface area contributed by atoms with Crippen molar-refractivity contribution in [2.75, 3.05) is 20.3 Å². The molecular weight excluding hydrogens is 496 g/mol. The number of nitrogens with one attached hydrogen (secondary N) is 1. The lowest BCUT2D eigenvalue weighted by atomic mass is 9.90. The lowest BCUT2D eigenvalue weighted by Gasteiger charge is -2.32. The molecule has 6 nitrogen and oxygen atoms in total. The molecule has 1 unspecified atom stereocenters. The van der Waals surface area contributed by atoms with E-state index in [4.69, 9.17) is 14.5 Å². The molecule has 6 rings (SSSR count). The molecule has 0 fully saturated rings. The van der Waals surface area contributed by atoms with Crippen molar-refractivity contribution in [3.63, 3.8) is 0 Å². The first-order chi connectivity index (χ1) is 19.5. The van der Waals surface area contributed by atoms with Crippen LogP contribution < -0.4 is 9.47 Å². The van der Waals surface area contributed by atoms with E-state index in [1.807, 2.05) is 25.3 Å². The van der Waals surface area contributed by atoms with Crippen molar-refractivity contribution >= 4 is 16.7 Å². The molecule has 0 amide bonds. The van der Waals surface area contributed by atoms with Crippen LogP contribution in [0.2, 0.25) is 0 Å². The number of allylic oxidation sites excluding steroid dienone is 2. The molecular formula is C34H36N4O2. The number of hydrogen-bond donors (Lipinski definition) is 1. The summed E-state index contributed by atoms with van der Waals surface area (Å²) in [5.74, 6) is 3.06. The largest absolute Gasteiger partial charge is 0.496 e. The summed E-state index contributed by atoms with van der Waals surface area (Å²) in [5, 5.41) is 0. The van der Waals surface area contributed by atoms with Gasteiger partial charge in [-0.15, -0.1) is 0 Å². The van der Waals surface area contributed by atoms with E-state index in [0.29, 0.717) is 6.61 Å². The minimum atomic E-state index is 0.265.